The predicted molar refractivity (Wildman–Crippen MR) is 66.9 cm³/mol. The van der Waals surface area contributed by atoms with E-state index >= 15 is 0 Å². The van der Waals surface area contributed by atoms with E-state index in [1.807, 2.05) is 0 Å². The van der Waals surface area contributed by atoms with Crippen LogP contribution in [0.4, 0.5) is 0 Å². The molecule has 0 amide bonds. The van der Waals surface area contributed by atoms with Gasteiger partial charge in [0.15, 0.2) is 0 Å². The number of hydrogen-bond acceptors (Lipinski definition) is 2. The normalized spacial score (nSPS) is 20.6. The van der Waals surface area contributed by atoms with Gasteiger partial charge in [0.1, 0.15) is 0 Å². The molecule has 2 heteroatoms. The summed E-state index contributed by atoms with van der Waals surface area (Å²) in [5.41, 5.74) is 6.03. The molecule has 1 saturated carbocycles. The highest BCUT2D eigenvalue weighted by Crippen LogP contribution is 2.32. The second-order valence-corrected chi connectivity index (χ2v) is 5.86. The molecule has 0 aromatic rings. The van der Waals surface area contributed by atoms with Gasteiger partial charge in [-0.3, -0.25) is 0 Å². The molecule has 1 atom stereocenters. The zero-order valence-corrected chi connectivity index (χ0v) is 10.7. The lowest BCUT2D eigenvalue weighted by Crippen LogP contribution is -2.49. The first-order chi connectivity index (χ1) is 7.06. The van der Waals surface area contributed by atoms with Crippen molar-refractivity contribution in [3.05, 3.63) is 0 Å². The minimum atomic E-state index is 0.166. The summed E-state index contributed by atoms with van der Waals surface area (Å²) in [5, 5.41) is 3.65. The van der Waals surface area contributed by atoms with E-state index in [0.29, 0.717) is 0 Å². The molecule has 0 aliphatic heterocycles. The van der Waals surface area contributed by atoms with Crippen molar-refractivity contribution in [3.8, 4) is 0 Å². The molecular weight excluding hydrogens is 184 g/mol. The molecule has 0 bridgehead atoms. The van der Waals surface area contributed by atoms with Gasteiger partial charge in [-0.1, -0.05) is 26.7 Å². The van der Waals surface area contributed by atoms with Gasteiger partial charge in [0.2, 0.25) is 0 Å². The van der Waals surface area contributed by atoms with Crippen LogP contribution in [0.5, 0.6) is 0 Å². The Morgan fingerprint density at radius 3 is 2.53 bits per heavy atom. The molecule has 1 aliphatic rings. The van der Waals surface area contributed by atoms with Crippen LogP contribution in [0.3, 0.4) is 0 Å². The molecular formula is C13H28N2. The van der Waals surface area contributed by atoms with Gasteiger partial charge in [0.05, 0.1) is 0 Å². The minimum Gasteiger partial charge on any atom is -0.329 e. The molecule has 15 heavy (non-hydrogen) atoms. The first-order valence-corrected chi connectivity index (χ1v) is 6.51. The zero-order chi connectivity index (χ0) is 11.3. The summed E-state index contributed by atoms with van der Waals surface area (Å²) in [6, 6.07) is 0. The summed E-state index contributed by atoms with van der Waals surface area (Å²) in [6.45, 7) is 8.73. The van der Waals surface area contributed by atoms with Crippen molar-refractivity contribution in [1.29, 1.82) is 0 Å². The smallest absolute Gasteiger partial charge is 0.0275 e. The third-order valence-electron chi connectivity index (χ3n) is 3.53. The van der Waals surface area contributed by atoms with Gasteiger partial charge in [0.25, 0.3) is 0 Å². The fourth-order valence-electron chi connectivity index (χ4n) is 1.85. The van der Waals surface area contributed by atoms with Crippen molar-refractivity contribution >= 4 is 0 Å². The molecule has 0 aromatic heterocycles. The average molecular weight is 212 g/mol. The quantitative estimate of drug-likeness (QED) is 0.649. The maximum absolute atomic E-state index is 5.86. The van der Waals surface area contributed by atoms with Crippen LogP contribution in [0, 0.1) is 11.8 Å². The predicted octanol–water partition coefficient (Wildman–Crippen LogP) is 2.53. The monoisotopic (exact) mass is 212 g/mol. The Balaban J connectivity index is 2.16. The largest absolute Gasteiger partial charge is 0.329 e. The van der Waals surface area contributed by atoms with Crippen molar-refractivity contribution in [2.24, 2.45) is 17.6 Å². The van der Waals surface area contributed by atoms with Gasteiger partial charge in [-0.25, -0.2) is 0 Å². The summed E-state index contributed by atoms with van der Waals surface area (Å²) in [7, 11) is 0. The summed E-state index contributed by atoms with van der Waals surface area (Å²) in [4.78, 5) is 0. The highest BCUT2D eigenvalue weighted by molar-refractivity contribution is 4.85. The molecule has 1 aliphatic carbocycles. The van der Waals surface area contributed by atoms with Crippen molar-refractivity contribution in [1.82, 2.24) is 5.32 Å². The first-order valence-electron chi connectivity index (χ1n) is 6.51. The summed E-state index contributed by atoms with van der Waals surface area (Å²) in [5.74, 6) is 1.80. The Labute approximate surface area is 95.0 Å². The Morgan fingerprint density at radius 1 is 1.40 bits per heavy atom. The van der Waals surface area contributed by atoms with Crippen LogP contribution in [0.25, 0.3) is 0 Å². The third-order valence-corrected chi connectivity index (χ3v) is 3.53. The lowest BCUT2D eigenvalue weighted by atomic mass is 9.92. The molecule has 0 heterocycles. The molecule has 0 aromatic carbocycles. The minimum absolute atomic E-state index is 0.166. The van der Waals surface area contributed by atoms with Gasteiger partial charge in [0, 0.05) is 12.1 Å². The van der Waals surface area contributed by atoms with Crippen LogP contribution in [0.1, 0.15) is 52.9 Å². The fraction of sp³-hybridized carbons (Fsp3) is 1.00. The second kappa shape index (κ2) is 5.86. The summed E-state index contributed by atoms with van der Waals surface area (Å²) >= 11 is 0. The van der Waals surface area contributed by atoms with E-state index in [0.717, 1.165) is 24.9 Å². The van der Waals surface area contributed by atoms with Crippen molar-refractivity contribution in [3.63, 3.8) is 0 Å². The summed E-state index contributed by atoms with van der Waals surface area (Å²) < 4.78 is 0. The van der Waals surface area contributed by atoms with E-state index in [2.05, 4.69) is 26.1 Å². The highest BCUT2D eigenvalue weighted by atomic mass is 15.0. The second-order valence-electron chi connectivity index (χ2n) is 5.86. The van der Waals surface area contributed by atoms with E-state index in [4.69, 9.17) is 5.73 Å². The lowest BCUT2D eigenvalue weighted by molar-refractivity contribution is 0.310. The van der Waals surface area contributed by atoms with Crippen LogP contribution in [-0.4, -0.2) is 18.6 Å². The summed E-state index contributed by atoms with van der Waals surface area (Å²) in [6.07, 6.45) is 6.72. The number of nitrogens with one attached hydrogen (secondary N) is 1. The maximum Gasteiger partial charge on any atom is 0.0275 e. The SMILES string of the molecule is CC(C)CCC(C)(CN)NCCC1CC1. The third kappa shape index (κ3) is 5.53. The van der Waals surface area contributed by atoms with Crippen molar-refractivity contribution in [2.75, 3.05) is 13.1 Å². The Morgan fingerprint density at radius 2 is 2.07 bits per heavy atom. The molecule has 0 saturated heterocycles. The van der Waals surface area contributed by atoms with Gasteiger partial charge >= 0.3 is 0 Å². The standard InChI is InChI=1S/C13H28N2/c1-11(2)6-8-13(3,10-14)15-9-7-12-4-5-12/h11-12,15H,4-10,14H2,1-3H3. The van der Waals surface area contributed by atoms with Crippen LogP contribution in [0.2, 0.25) is 0 Å². The van der Waals surface area contributed by atoms with Gasteiger partial charge in [-0.05, 0) is 44.6 Å². The van der Waals surface area contributed by atoms with E-state index in [1.54, 1.807) is 0 Å². The molecule has 3 N–H and O–H groups in total. The molecule has 0 radical (unpaired) electrons. The fourth-order valence-corrected chi connectivity index (χ4v) is 1.85. The van der Waals surface area contributed by atoms with Gasteiger partial charge in [-0.15, -0.1) is 0 Å². The number of nitrogens with two attached hydrogens (primary N) is 1. The number of hydrogen-bond donors (Lipinski definition) is 2. The van der Waals surface area contributed by atoms with Crippen LogP contribution in [-0.2, 0) is 0 Å². The van der Waals surface area contributed by atoms with Crippen molar-refractivity contribution < 1.29 is 0 Å². The van der Waals surface area contributed by atoms with Crippen LogP contribution >= 0.6 is 0 Å². The van der Waals surface area contributed by atoms with Crippen molar-refractivity contribution in [2.45, 2.75) is 58.4 Å². The van der Waals surface area contributed by atoms with Gasteiger partial charge < -0.3 is 11.1 Å². The Bertz CT molecular complexity index is 175. The van der Waals surface area contributed by atoms with E-state index in [-0.39, 0.29) is 5.54 Å². The zero-order valence-electron chi connectivity index (χ0n) is 10.7. The van der Waals surface area contributed by atoms with E-state index in [1.165, 1.54) is 32.1 Å². The molecule has 1 fully saturated rings. The highest BCUT2D eigenvalue weighted by Gasteiger charge is 2.24. The molecule has 1 unspecified atom stereocenters. The number of rotatable bonds is 8. The molecule has 1 rings (SSSR count). The average Bonchev–Trinajstić information content (AvgIpc) is 2.99. The molecule has 2 nitrogen and oxygen atoms in total. The maximum atomic E-state index is 5.86. The van der Waals surface area contributed by atoms with E-state index < -0.39 is 0 Å². The first kappa shape index (κ1) is 13.0. The van der Waals surface area contributed by atoms with E-state index in [9.17, 15) is 0 Å². The molecule has 90 valence electrons. The van der Waals surface area contributed by atoms with Gasteiger partial charge in [-0.2, -0.15) is 0 Å². The Hall–Kier alpha value is -0.0800. The molecule has 0 spiro atoms. The van der Waals surface area contributed by atoms with Crippen LogP contribution < -0.4 is 11.1 Å². The topological polar surface area (TPSA) is 38.0 Å². The lowest BCUT2D eigenvalue weighted by Gasteiger charge is -2.30. The van der Waals surface area contributed by atoms with Crippen LogP contribution in [0.15, 0.2) is 0 Å². The Kier molecular flexibility index (Phi) is 5.07.